The maximum absolute atomic E-state index is 14.4. The van der Waals surface area contributed by atoms with Gasteiger partial charge in [0.1, 0.15) is 11.5 Å². The molecular weight excluding hydrogens is 311 g/mol. The smallest absolute Gasteiger partial charge is 0.153 e. The topological polar surface area (TPSA) is 4.93 Å². The van der Waals surface area contributed by atoms with Gasteiger partial charge in [0.25, 0.3) is 0 Å². The third-order valence-electron chi connectivity index (χ3n) is 4.28. The minimum atomic E-state index is -0.929. The number of hydrogen-bond acceptors (Lipinski definition) is 0. The van der Waals surface area contributed by atoms with Gasteiger partial charge in [0.15, 0.2) is 11.6 Å². The van der Waals surface area contributed by atoms with Crippen molar-refractivity contribution in [3.8, 4) is 5.69 Å². The summed E-state index contributed by atoms with van der Waals surface area (Å²) in [5.74, 6) is -2.78. The van der Waals surface area contributed by atoms with Crippen molar-refractivity contribution in [1.29, 1.82) is 0 Å². The summed E-state index contributed by atoms with van der Waals surface area (Å²) in [6, 6.07) is 12.9. The van der Waals surface area contributed by atoms with E-state index >= 15 is 0 Å². The lowest BCUT2D eigenvalue weighted by Gasteiger charge is -2.10. The van der Waals surface area contributed by atoms with E-state index in [1.807, 2.05) is 50.2 Å². The fourth-order valence-corrected chi connectivity index (χ4v) is 3.24. The van der Waals surface area contributed by atoms with Gasteiger partial charge in [-0.15, -0.1) is 0 Å². The number of nitrogens with zero attached hydrogens (tertiary/aromatic N) is 1. The molecule has 4 rings (SSSR count). The standard InChI is InChI=1S/C20H14F3N/c1-11-3-5-18-14(7-11)15-8-12(2)4-6-19(15)24(18)20-16(22)9-13(21)10-17(20)23/h3-10H,1-2H3. The van der Waals surface area contributed by atoms with Crippen LogP contribution in [0.1, 0.15) is 11.1 Å². The molecule has 0 aliphatic carbocycles. The molecule has 0 fully saturated rings. The molecule has 0 atom stereocenters. The van der Waals surface area contributed by atoms with Crippen LogP contribution in [0.5, 0.6) is 0 Å². The van der Waals surface area contributed by atoms with Crippen LogP contribution in [0.15, 0.2) is 48.5 Å². The van der Waals surface area contributed by atoms with Crippen LogP contribution in [-0.2, 0) is 0 Å². The maximum atomic E-state index is 14.4. The Kier molecular flexibility index (Phi) is 3.17. The van der Waals surface area contributed by atoms with E-state index in [0.29, 0.717) is 23.2 Å². The predicted octanol–water partition coefficient (Wildman–Crippen LogP) is 5.82. The van der Waals surface area contributed by atoms with Gasteiger partial charge in [-0.3, -0.25) is 0 Å². The van der Waals surface area contributed by atoms with E-state index in [1.54, 1.807) is 0 Å². The normalized spacial score (nSPS) is 11.5. The molecule has 4 aromatic rings. The van der Waals surface area contributed by atoms with Crippen LogP contribution < -0.4 is 0 Å². The zero-order chi connectivity index (χ0) is 17.0. The fourth-order valence-electron chi connectivity index (χ4n) is 3.24. The molecule has 0 bridgehead atoms. The number of hydrogen-bond donors (Lipinski definition) is 0. The number of aryl methyl sites for hydroxylation is 2. The summed E-state index contributed by atoms with van der Waals surface area (Å²) in [5.41, 5.74) is 3.23. The fraction of sp³-hybridized carbons (Fsp3) is 0.100. The van der Waals surface area contributed by atoms with E-state index in [2.05, 4.69) is 0 Å². The Morgan fingerprint density at radius 1 is 0.667 bits per heavy atom. The number of benzene rings is 3. The molecule has 0 aliphatic rings. The molecule has 0 radical (unpaired) electrons. The highest BCUT2D eigenvalue weighted by molar-refractivity contribution is 6.09. The third-order valence-corrected chi connectivity index (χ3v) is 4.28. The molecule has 0 spiro atoms. The number of aromatic nitrogens is 1. The first-order chi connectivity index (χ1) is 11.5. The first-order valence-electron chi connectivity index (χ1n) is 7.62. The van der Waals surface area contributed by atoms with Crippen molar-refractivity contribution in [1.82, 2.24) is 4.57 Å². The first-order valence-corrected chi connectivity index (χ1v) is 7.62. The van der Waals surface area contributed by atoms with Gasteiger partial charge < -0.3 is 4.57 Å². The van der Waals surface area contributed by atoms with Gasteiger partial charge in [0.2, 0.25) is 0 Å². The second kappa shape index (κ2) is 5.13. The summed E-state index contributed by atoms with van der Waals surface area (Å²) >= 11 is 0. The van der Waals surface area contributed by atoms with Crippen molar-refractivity contribution in [2.75, 3.05) is 0 Å². The Labute approximate surface area is 136 Å². The van der Waals surface area contributed by atoms with Crippen molar-refractivity contribution in [3.63, 3.8) is 0 Å². The molecule has 120 valence electrons. The average molecular weight is 325 g/mol. The third kappa shape index (κ3) is 2.10. The molecule has 0 amide bonds. The SMILES string of the molecule is Cc1ccc2c(c1)c1cc(C)ccc1n2-c1c(F)cc(F)cc1F. The summed E-state index contributed by atoms with van der Waals surface area (Å²) < 4.78 is 43.6. The Hall–Kier alpha value is -2.75. The van der Waals surface area contributed by atoms with Crippen LogP contribution in [0.25, 0.3) is 27.5 Å². The van der Waals surface area contributed by atoms with Crippen molar-refractivity contribution >= 4 is 21.8 Å². The molecule has 0 saturated carbocycles. The van der Waals surface area contributed by atoms with Gasteiger partial charge in [-0.1, -0.05) is 23.3 Å². The molecule has 0 N–H and O–H groups in total. The van der Waals surface area contributed by atoms with E-state index in [-0.39, 0.29) is 5.69 Å². The first kappa shape index (κ1) is 14.8. The summed E-state index contributed by atoms with van der Waals surface area (Å²) in [5, 5.41) is 1.83. The molecule has 1 nitrogen and oxygen atoms in total. The highest BCUT2D eigenvalue weighted by Gasteiger charge is 2.19. The van der Waals surface area contributed by atoms with Gasteiger partial charge in [0.05, 0.1) is 11.0 Å². The Morgan fingerprint density at radius 2 is 1.12 bits per heavy atom. The van der Waals surface area contributed by atoms with Crippen LogP contribution in [-0.4, -0.2) is 4.57 Å². The minimum absolute atomic E-state index is 0.260. The number of fused-ring (bicyclic) bond motifs is 3. The monoisotopic (exact) mass is 325 g/mol. The molecular formula is C20H14F3N. The van der Waals surface area contributed by atoms with Crippen LogP contribution in [0.3, 0.4) is 0 Å². The highest BCUT2D eigenvalue weighted by atomic mass is 19.1. The lowest BCUT2D eigenvalue weighted by Crippen LogP contribution is -2.02. The second-order valence-electron chi connectivity index (χ2n) is 6.09. The molecule has 0 unspecified atom stereocenters. The molecule has 0 aliphatic heterocycles. The largest absolute Gasteiger partial charge is 0.304 e. The van der Waals surface area contributed by atoms with Crippen molar-refractivity contribution < 1.29 is 13.2 Å². The summed E-state index contributed by atoms with van der Waals surface area (Å²) in [4.78, 5) is 0. The molecule has 1 heterocycles. The minimum Gasteiger partial charge on any atom is -0.304 e. The lowest BCUT2D eigenvalue weighted by molar-refractivity contribution is 0.537. The number of rotatable bonds is 1. The summed E-state index contributed by atoms with van der Waals surface area (Å²) in [7, 11) is 0. The van der Waals surface area contributed by atoms with Gasteiger partial charge in [-0.05, 0) is 38.1 Å². The molecule has 1 aromatic heterocycles. The molecule has 3 aromatic carbocycles. The Bertz CT molecular complexity index is 1030. The molecule has 24 heavy (non-hydrogen) atoms. The van der Waals surface area contributed by atoms with E-state index in [4.69, 9.17) is 0 Å². The zero-order valence-electron chi connectivity index (χ0n) is 13.2. The van der Waals surface area contributed by atoms with Gasteiger partial charge in [-0.25, -0.2) is 13.2 Å². The van der Waals surface area contributed by atoms with Gasteiger partial charge in [-0.2, -0.15) is 0 Å². The predicted molar refractivity (Wildman–Crippen MR) is 90.1 cm³/mol. The van der Waals surface area contributed by atoms with E-state index in [9.17, 15) is 13.2 Å². The summed E-state index contributed by atoms with van der Waals surface area (Å²) in [6.07, 6.45) is 0. The average Bonchev–Trinajstić information content (AvgIpc) is 2.80. The Morgan fingerprint density at radius 3 is 1.58 bits per heavy atom. The van der Waals surface area contributed by atoms with Crippen LogP contribution >= 0.6 is 0 Å². The molecule has 4 heteroatoms. The highest BCUT2D eigenvalue weighted by Crippen LogP contribution is 2.35. The Balaban J connectivity index is 2.23. The van der Waals surface area contributed by atoms with Crippen molar-refractivity contribution in [3.05, 3.63) is 77.1 Å². The van der Waals surface area contributed by atoms with Gasteiger partial charge in [0, 0.05) is 22.9 Å². The van der Waals surface area contributed by atoms with E-state index < -0.39 is 17.5 Å². The lowest BCUT2D eigenvalue weighted by atomic mass is 10.1. The van der Waals surface area contributed by atoms with E-state index in [0.717, 1.165) is 21.9 Å². The second-order valence-corrected chi connectivity index (χ2v) is 6.09. The van der Waals surface area contributed by atoms with Crippen LogP contribution in [0, 0.1) is 31.3 Å². The van der Waals surface area contributed by atoms with Crippen LogP contribution in [0.2, 0.25) is 0 Å². The maximum Gasteiger partial charge on any atom is 0.153 e. The van der Waals surface area contributed by atoms with E-state index in [1.165, 1.54) is 4.57 Å². The quantitative estimate of drug-likeness (QED) is 0.416. The van der Waals surface area contributed by atoms with Crippen molar-refractivity contribution in [2.45, 2.75) is 13.8 Å². The van der Waals surface area contributed by atoms with Gasteiger partial charge >= 0.3 is 0 Å². The van der Waals surface area contributed by atoms with Crippen LogP contribution in [0.4, 0.5) is 13.2 Å². The zero-order valence-corrected chi connectivity index (χ0v) is 13.2. The molecule has 0 saturated heterocycles. The number of halogens is 3. The van der Waals surface area contributed by atoms with Crippen molar-refractivity contribution in [2.24, 2.45) is 0 Å². The summed E-state index contributed by atoms with van der Waals surface area (Å²) in [6.45, 7) is 3.94.